The van der Waals surface area contributed by atoms with E-state index in [1.54, 1.807) is 6.20 Å². The highest BCUT2D eigenvalue weighted by Gasteiger charge is 2.49. The van der Waals surface area contributed by atoms with Crippen LogP contribution in [0, 0.1) is 12.3 Å². The van der Waals surface area contributed by atoms with Gasteiger partial charge in [-0.1, -0.05) is 13.3 Å². The smallest absolute Gasteiger partial charge is 0.314 e. The van der Waals surface area contributed by atoms with Crippen LogP contribution in [0.1, 0.15) is 32.0 Å². The summed E-state index contributed by atoms with van der Waals surface area (Å²) in [6.45, 7) is 4.59. The van der Waals surface area contributed by atoms with E-state index in [4.69, 9.17) is 0 Å². The summed E-state index contributed by atoms with van der Waals surface area (Å²) in [5.41, 5.74) is 0.475. The fourth-order valence-electron chi connectivity index (χ4n) is 3.54. The van der Waals surface area contributed by atoms with Crippen molar-refractivity contribution < 1.29 is 15.0 Å². The highest BCUT2D eigenvalue weighted by Crippen LogP contribution is 2.38. The van der Waals surface area contributed by atoms with Crippen LogP contribution < -0.4 is 4.90 Å². The molecule has 2 aromatic heterocycles. The molecule has 3 N–H and O–H groups in total. The average Bonchev–Trinajstić information content (AvgIpc) is 2.96. The monoisotopic (exact) mass is 318 g/mol. The Morgan fingerprint density at radius 3 is 3.00 bits per heavy atom. The summed E-state index contributed by atoms with van der Waals surface area (Å²) < 4.78 is 0. The van der Waals surface area contributed by atoms with Gasteiger partial charge in [-0.05, 0) is 25.8 Å². The molecular formula is C16H22N4O3. The molecule has 7 nitrogen and oxygen atoms in total. The number of nitrogens with zero attached hydrogens (tertiary/aromatic N) is 3. The van der Waals surface area contributed by atoms with Crippen molar-refractivity contribution >= 4 is 22.8 Å². The summed E-state index contributed by atoms with van der Waals surface area (Å²) >= 11 is 0. The van der Waals surface area contributed by atoms with Gasteiger partial charge in [0.25, 0.3) is 0 Å². The third-order valence-electron chi connectivity index (χ3n) is 4.70. The van der Waals surface area contributed by atoms with E-state index in [2.05, 4.69) is 15.0 Å². The lowest BCUT2D eigenvalue weighted by Gasteiger charge is -2.43. The topological polar surface area (TPSA) is 102 Å². The molecule has 7 heteroatoms. The van der Waals surface area contributed by atoms with E-state index in [1.807, 2.05) is 24.8 Å². The number of aliphatic hydroxyl groups is 1. The zero-order chi connectivity index (χ0) is 16.6. The second-order valence-corrected chi connectivity index (χ2v) is 6.27. The maximum Gasteiger partial charge on any atom is 0.314 e. The van der Waals surface area contributed by atoms with Crippen molar-refractivity contribution in [2.75, 3.05) is 18.0 Å². The van der Waals surface area contributed by atoms with Gasteiger partial charge < -0.3 is 20.1 Å². The van der Waals surface area contributed by atoms with Crippen molar-refractivity contribution in [1.29, 1.82) is 0 Å². The largest absolute Gasteiger partial charge is 0.481 e. The van der Waals surface area contributed by atoms with Gasteiger partial charge in [-0.2, -0.15) is 0 Å². The van der Waals surface area contributed by atoms with Gasteiger partial charge >= 0.3 is 5.97 Å². The first-order valence-electron chi connectivity index (χ1n) is 7.96. The Kier molecular flexibility index (Phi) is 3.97. The van der Waals surface area contributed by atoms with E-state index in [0.29, 0.717) is 37.4 Å². The van der Waals surface area contributed by atoms with Gasteiger partial charge in [0.2, 0.25) is 0 Å². The lowest BCUT2D eigenvalue weighted by atomic mass is 9.74. The standard InChI is InChI=1S/C16H22N4O3/c1-3-6-16(15(22)23)9-20(8-5-12(16)21)14-13-11(4-7-17-13)18-10(2)19-14/h4,7,12,17,21H,3,5-6,8-9H2,1-2H3,(H,22,23)/t12-,16-/m1/s1. The van der Waals surface area contributed by atoms with Crippen LogP contribution >= 0.6 is 0 Å². The van der Waals surface area contributed by atoms with Crippen LogP contribution in [0.15, 0.2) is 12.3 Å². The van der Waals surface area contributed by atoms with Crippen molar-refractivity contribution in [3.8, 4) is 0 Å². The average molecular weight is 318 g/mol. The molecule has 2 aromatic rings. The number of piperidine rings is 1. The molecule has 0 saturated carbocycles. The summed E-state index contributed by atoms with van der Waals surface area (Å²) in [7, 11) is 0. The molecule has 3 heterocycles. The van der Waals surface area contributed by atoms with Gasteiger partial charge in [0.05, 0.1) is 11.6 Å². The molecule has 0 unspecified atom stereocenters. The first-order chi connectivity index (χ1) is 11.0. The molecule has 0 aromatic carbocycles. The summed E-state index contributed by atoms with van der Waals surface area (Å²) in [4.78, 5) is 25.9. The van der Waals surface area contributed by atoms with Crippen molar-refractivity contribution in [3.05, 3.63) is 18.1 Å². The number of fused-ring (bicyclic) bond motifs is 1. The molecular weight excluding hydrogens is 296 g/mol. The number of aliphatic carboxylic acids is 1. The highest BCUT2D eigenvalue weighted by molar-refractivity contribution is 5.87. The molecule has 3 rings (SSSR count). The molecule has 0 amide bonds. The molecule has 1 fully saturated rings. The minimum absolute atomic E-state index is 0.252. The normalized spacial score (nSPS) is 25.0. The van der Waals surface area contributed by atoms with E-state index in [-0.39, 0.29) is 6.54 Å². The molecule has 0 aliphatic carbocycles. The third-order valence-corrected chi connectivity index (χ3v) is 4.70. The Bertz CT molecular complexity index is 729. The van der Waals surface area contributed by atoms with Gasteiger partial charge in [0, 0.05) is 19.3 Å². The predicted octanol–water partition coefficient (Wildman–Crippen LogP) is 1.71. The number of aromatic amines is 1. The number of rotatable bonds is 4. The number of hydrogen-bond donors (Lipinski definition) is 3. The Hall–Kier alpha value is -2.15. The van der Waals surface area contributed by atoms with E-state index >= 15 is 0 Å². The number of carboxylic acids is 1. The molecule has 0 radical (unpaired) electrons. The number of nitrogens with one attached hydrogen (secondary N) is 1. The van der Waals surface area contributed by atoms with E-state index in [0.717, 1.165) is 11.0 Å². The zero-order valence-electron chi connectivity index (χ0n) is 13.4. The molecule has 124 valence electrons. The first kappa shape index (κ1) is 15.7. The maximum absolute atomic E-state index is 11.9. The summed E-state index contributed by atoms with van der Waals surface area (Å²) in [5, 5.41) is 20.1. The molecule has 1 saturated heterocycles. The van der Waals surface area contributed by atoms with Crippen molar-refractivity contribution in [2.45, 2.75) is 39.2 Å². The minimum Gasteiger partial charge on any atom is -0.481 e. The molecule has 23 heavy (non-hydrogen) atoms. The third kappa shape index (κ3) is 2.55. The second-order valence-electron chi connectivity index (χ2n) is 6.27. The Morgan fingerprint density at radius 2 is 2.30 bits per heavy atom. The van der Waals surface area contributed by atoms with Gasteiger partial charge in [-0.25, -0.2) is 9.97 Å². The highest BCUT2D eigenvalue weighted by atomic mass is 16.4. The molecule has 0 bridgehead atoms. The maximum atomic E-state index is 11.9. The Labute approximate surface area is 134 Å². The second kappa shape index (κ2) is 5.81. The number of anilines is 1. The summed E-state index contributed by atoms with van der Waals surface area (Å²) in [6.07, 6.45) is 2.53. The zero-order valence-corrected chi connectivity index (χ0v) is 13.4. The van der Waals surface area contributed by atoms with Crippen LogP contribution in [0.2, 0.25) is 0 Å². The van der Waals surface area contributed by atoms with Gasteiger partial charge in [-0.3, -0.25) is 4.79 Å². The number of carboxylic acid groups (broad SMARTS) is 1. The minimum atomic E-state index is -1.15. The summed E-state index contributed by atoms with van der Waals surface area (Å²) in [5.74, 6) is 0.422. The lowest BCUT2D eigenvalue weighted by Crippen LogP contribution is -2.56. The SMILES string of the molecule is CCC[C@@]1(C(=O)O)CN(c2nc(C)nc3cc[nH]c23)CC[C@H]1O. The van der Waals surface area contributed by atoms with Gasteiger partial charge in [-0.15, -0.1) is 0 Å². The fourth-order valence-corrected chi connectivity index (χ4v) is 3.54. The van der Waals surface area contributed by atoms with E-state index in [1.165, 1.54) is 0 Å². The van der Waals surface area contributed by atoms with Crippen LogP contribution in [0.25, 0.3) is 11.0 Å². The molecule has 2 atom stereocenters. The quantitative estimate of drug-likeness (QED) is 0.793. The number of aromatic nitrogens is 3. The van der Waals surface area contributed by atoms with Crippen molar-refractivity contribution in [1.82, 2.24) is 15.0 Å². The molecule has 1 aliphatic rings. The number of H-pyrrole nitrogens is 1. The van der Waals surface area contributed by atoms with Crippen LogP contribution in [-0.2, 0) is 4.79 Å². The van der Waals surface area contributed by atoms with Crippen molar-refractivity contribution in [3.63, 3.8) is 0 Å². The lowest BCUT2D eigenvalue weighted by molar-refractivity contribution is -0.158. The fraction of sp³-hybridized carbons (Fsp3) is 0.562. The van der Waals surface area contributed by atoms with Gasteiger partial charge in [0.15, 0.2) is 5.82 Å². The number of carbonyl (C=O) groups is 1. The van der Waals surface area contributed by atoms with Crippen LogP contribution in [0.5, 0.6) is 0 Å². The van der Waals surface area contributed by atoms with Crippen molar-refractivity contribution in [2.24, 2.45) is 5.41 Å². The van der Waals surface area contributed by atoms with Gasteiger partial charge in [0.1, 0.15) is 16.8 Å². The Balaban J connectivity index is 2.03. The Morgan fingerprint density at radius 1 is 1.52 bits per heavy atom. The van der Waals surface area contributed by atoms with E-state index in [9.17, 15) is 15.0 Å². The van der Waals surface area contributed by atoms with Crippen LogP contribution in [0.4, 0.5) is 5.82 Å². The molecule has 1 aliphatic heterocycles. The first-order valence-corrected chi connectivity index (χ1v) is 7.96. The summed E-state index contributed by atoms with van der Waals surface area (Å²) in [6, 6.07) is 1.88. The predicted molar refractivity (Wildman–Crippen MR) is 86.4 cm³/mol. The van der Waals surface area contributed by atoms with E-state index < -0.39 is 17.5 Å². The van der Waals surface area contributed by atoms with Crippen LogP contribution in [0.3, 0.4) is 0 Å². The molecule has 0 spiro atoms. The van der Waals surface area contributed by atoms with Crippen LogP contribution in [-0.4, -0.2) is 50.3 Å². The number of aryl methyl sites for hydroxylation is 1. The number of aliphatic hydroxyl groups excluding tert-OH is 1. The number of hydrogen-bond acceptors (Lipinski definition) is 5.